The Morgan fingerprint density at radius 3 is 1.20 bits per heavy atom. The van der Waals surface area contributed by atoms with E-state index in [1.165, 1.54) is 0 Å². The molecule has 6 nitrogen and oxygen atoms in total. The van der Waals surface area contributed by atoms with Gasteiger partial charge < -0.3 is 22.7 Å². The van der Waals surface area contributed by atoms with Crippen LogP contribution in [0.2, 0.25) is 0 Å². The second-order valence-corrected chi connectivity index (χ2v) is 1.13. The van der Waals surface area contributed by atoms with E-state index in [2.05, 4.69) is 0 Å². The maximum atomic E-state index is 8.74. The van der Waals surface area contributed by atoms with Crippen LogP contribution in [0.15, 0.2) is 0 Å². The van der Waals surface area contributed by atoms with Crippen LogP contribution in [-0.2, 0) is 4.46 Å². The van der Waals surface area contributed by atoms with Crippen molar-refractivity contribution in [2.75, 3.05) is 0 Å². The predicted octanol–water partition coefficient (Wildman–Crippen LogP) is -7.16. The van der Waals surface area contributed by atoms with Gasteiger partial charge in [0, 0.05) is 0 Å². The summed E-state index contributed by atoms with van der Waals surface area (Å²) < 4.78 is 8.74. The molecule has 10 heavy (non-hydrogen) atoms. The SMILES string of the molecule is O=C(O)O.O=[Si](O)O.[H-].[H-].[Na+].[Na+]. The Bertz CT molecular complexity index is 81.5. The van der Waals surface area contributed by atoms with Crippen molar-refractivity contribution in [3.63, 3.8) is 0 Å². The Morgan fingerprint density at radius 2 is 1.20 bits per heavy atom. The van der Waals surface area contributed by atoms with Crippen molar-refractivity contribution < 1.29 is 91.0 Å². The minimum atomic E-state index is -3.13. The minimum Gasteiger partial charge on any atom is -1.00 e. The zero-order valence-corrected chi connectivity index (χ0v) is 10.6. The van der Waals surface area contributed by atoms with Gasteiger partial charge in [0.25, 0.3) is 0 Å². The molecule has 4 N–H and O–H groups in total. The number of carbonyl (C=O) groups is 1. The molecular formula is CH6Na2O6Si. The molecule has 0 aliphatic carbocycles. The molecule has 52 valence electrons. The molecule has 0 rings (SSSR count). The fourth-order valence-electron chi connectivity index (χ4n) is 0. The topological polar surface area (TPSA) is 115 Å². The fraction of sp³-hybridized carbons (Fsp3) is 0. The van der Waals surface area contributed by atoms with Gasteiger partial charge in [-0.1, -0.05) is 0 Å². The van der Waals surface area contributed by atoms with E-state index in [4.69, 9.17) is 29.1 Å². The molecule has 0 saturated carbocycles. The second kappa shape index (κ2) is 16.5. The number of hydrogen-bond donors (Lipinski definition) is 4. The molecule has 0 aromatic heterocycles. The third kappa shape index (κ3) is 703. The summed E-state index contributed by atoms with van der Waals surface area (Å²) in [5, 5.41) is 13.9. The van der Waals surface area contributed by atoms with Gasteiger partial charge in [-0.15, -0.1) is 0 Å². The molecule has 0 aromatic rings. The summed E-state index contributed by atoms with van der Waals surface area (Å²) in [4.78, 5) is 22.9. The van der Waals surface area contributed by atoms with Crippen molar-refractivity contribution in [3.8, 4) is 0 Å². The molecule has 0 heterocycles. The normalized spacial score (nSPS) is 4.80. The van der Waals surface area contributed by atoms with Crippen molar-refractivity contribution in [1.82, 2.24) is 0 Å². The molecule has 0 bridgehead atoms. The molecule has 0 aromatic carbocycles. The molecule has 0 amide bonds. The summed E-state index contributed by atoms with van der Waals surface area (Å²) in [6, 6.07) is 0. The Labute approximate surface area is 105 Å². The minimum absolute atomic E-state index is 0. The number of hydrogen-bond acceptors (Lipinski definition) is 2. The number of rotatable bonds is 0. The van der Waals surface area contributed by atoms with Crippen molar-refractivity contribution in [2.24, 2.45) is 0 Å². The van der Waals surface area contributed by atoms with Gasteiger partial charge in [0.1, 0.15) is 0 Å². The summed E-state index contributed by atoms with van der Waals surface area (Å²) in [6.07, 6.45) is -1.83. The zero-order chi connectivity index (χ0) is 7.15. The van der Waals surface area contributed by atoms with Gasteiger partial charge >= 0.3 is 74.4 Å². The zero-order valence-electron chi connectivity index (χ0n) is 7.61. The third-order valence-corrected chi connectivity index (χ3v) is 0. The Morgan fingerprint density at radius 1 is 1.20 bits per heavy atom. The Balaban J connectivity index is -0.0000000112. The maximum absolute atomic E-state index is 8.74. The fourth-order valence-corrected chi connectivity index (χ4v) is 0. The van der Waals surface area contributed by atoms with Crippen LogP contribution in [0.25, 0.3) is 0 Å². The van der Waals surface area contributed by atoms with Crippen LogP contribution in [0.1, 0.15) is 2.85 Å². The van der Waals surface area contributed by atoms with Crippen molar-refractivity contribution >= 4 is 15.3 Å². The predicted molar refractivity (Wildman–Crippen MR) is 23.8 cm³/mol. The van der Waals surface area contributed by atoms with Gasteiger partial charge in [0.05, 0.1) is 0 Å². The third-order valence-electron chi connectivity index (χ3n) is 0. The van der Waals surface area contributed by atoms with Gasteiger partial charge in [-0.05, 0) is 0 Å². The molecule has 0 aliphatic rings. The van der Waals surface area contributed by atoms with Crippen LogP contribution >= 0.6 is 0 Å². The van der Waals surface area contributed by atoms with E-state index >= 15 is 0 Å². The van der Waals surface area contributed by atoms with E-state index in [9.17, 15) is 0 Å². The monoisotopic (exact) mass is 188 g/mol. The summed E-state index contributed by atoms with van der Waals surface area (Å²) in [7, 11) is -3.13. The van der Waals surface area contributed by atoms with Crippen molar-refractivity contribution in [3.05, 3.63) is 0 Å². The molecular weight excluding hydrogens is 182 g/mol. The first kappa shape index (κ1) is 22.4. The largest absolute Gasteiger partial charge is 1.00 e. The van der Waals surface area contributed by atoms with E-state index < -0.39 is 15.3 Å². The van der Waals surface area contributed by atoms with E-state index in [0.29, 0.717) is 0 Å². The van der Waals surface area contributed by atoms with Gasteiger partial charge in [-0.2, -0.15) is 0 Å². The first-order valence-electron chi connectivity index (χ1n) is 1.30. The van der Waals surface area contributed by atoms with Gasteiger partial charge in [0.15, 0.2) is 0 Å². The first-order valence-corrected chi connectivity index (χ1v) is 2.61. The molecule has 0 saturated heterocycles. The summed E-state index contributed by atoms with van der Waals surface area (Å²) in [5.74, 6) is 0. The number of carboxylic acid groups (broad SMARTS) is 2. The summed E-state index contributed by atoms with van der Waals surface area (Å²) in [5.41, 5.74) is 0. The van der Waals surface area contributed by atoms with Crippen molar-refractivity contribution in [2.45, 2.75) is 0 Å². The average Bonchev–Trinajstić information content (AvgIpc) is 1.25. The average molecular weight is 188 g/mol. The summed E-state index contributed by atoms with van der Waals surface area (Å²) >= 11 is 0. The molecule has 0 atom stereocenters. The van der Waals surface area contributed by atoms with E-state index in [1.54, 1.807) is 0 Å². The quantitative estimate of drug-likeness (QED) is 0.281. The van der Waals surface area contributed by atoms with Gasteiger partial charge in [-0.3, -0.25) is 4.46 Å². The van der Waals surface area contributed by atoms with Crippen LogP contribution in [-0.4, -0.2) is 35.1 Å². The second-order valence-electron chi connectivity index (χ2n) is 0.565. The molecule has 0 radical (unpaired) electrons. The van der Waals surface area contributed by atoms with E-state index in [-0.39, 0.29) is 62.0 Å². The van der Waals surface area contributed by atoms with Crippen LogP contribution in [0.5, 0.6) is 0 Å². The van der Waals surface area contributed by atoms with Crippen LogP contribution < -0.4 is 59.1 Å². The van der Waals surface area contributed by atoms with Gasteiger partial charge in [0.2, 0.25) is 0 Å². The standard InChI is InChI=1S/CH2O3.2Na.H2O3Si.2H/c2-1(3)4;;;1-4(2)3;;/h(H2,2,3,4);;;1-2H;;/q;2*+1;;2*-1. The molecule has 0 aliphatic heterocycles. The molecule has 0 unspecified atom stereocenters. The maximum Gasteiger partial charge on any atom is 1.00 e. The van der Waals surface area contributed by atoms with Crippen LogP contribution in [0.4, 0.5) is 4.79 Å². The molecule has 0 fully saturated rings. The van der Waals surface area contributed by atoms with E-state index in [0.717, 1.165) is 0 Å². The Kier molecular flexibility index (Phi) is 36.9. The molecule has 9 heteroatoms. The smallest absolute Gasteiger partial charge is 1.00 e. The van der Waals surface area contributed by atoms with Gasteiger partial charge in [-0.25, -0.2) is 4.79 Å². The van der Waals surface area contributed by atoms with Crippen molar-refractivity contribution in [1.29, 1.82) is 0 Å². The first-order chi connectivity index (χ1) is 3.46. The van der Waals surface area contributed by atoms with E-state index in [1.807, 2.05) is 0 Å². The molecule has 0 spiro atoms. The summed E-state index contributed by atoms with van der Waals surface area (Å²) in [6.45, 7) is 0. The Hall–Kier alpha value is 0.887. The van der Waals surface area contributed by atoms with Crippen LogP contribution in [0.3, 0.4) is 0 Å². The van der Waals surface area contributed by atoms with Crippen LogP contribution in [0, 0.1) is 0 Å².